The number of ether oxygens (including phenoxy) is 1. The van der Waals surface area contributed by atoms with Crippen LogP contribution in [0.5, 0.6) is 0 Å². The molecule has 10 heteroatoms. The van der Waals surface area contributed by atoms with E-state index in [9.17, 15) is 4.79 Å². The fourth-order valence-corrected chi connectivity index (χ4v) is 5.31. The highest BCUT2D eigenvalue weighted by Gasteiger charge is 2.22. The van der Waals surface area contributed by atoms with E-state index in [0.29, 0.717) is 16.6 Å². The van der Waals surface area contributed by atoms with Gasteiger partial charge in [0.15, 0.2) is 0 Å². The molecule has 0 unspecified atom stereocenters. The third-order valence-electron chi connectivity index (χ3n) is 6.18. The number of fused-ring (bicyclic) bond motifs is 1. The fraction of sp³-hybridized carbons (Fsp3) is 0.222. The van der Waals surface area contributed by atoms with Crippen molar-refractivity contribution >= 4 is 34.0 Å². The van der Waals surface area contributed by atoms with Crippen molar-refractivity contribution in [1.82, 2.24) is 25.4 Å². The van der Waals surface area contributed by atoms with E-state index in [2.05, 4.69) is 63.5 Å². The number of benzene rings is 3. The number of nitrogens with zero attached hydrogens (tertiary/aromatic N) is 6. The van der Waals surface area contributed by atoms with Gasteiger partial charge in [0.2, 0.25) is 0 Å². The quantitative estimate of drug-likeness (QED) is 0.318. The van der Waals surface area contributed by atoms with Gasteiger partial charge < -0.3 is 14.5 Å². The summed E-state index contributed by atoms with van der Waals surface area (Å²) in [6, 6.07) is 22.8. The van der Waals surface area contributed by atoms with Crippen LogP contribution in [0.25, 0.3) is 32.2 Å². The van der Waals surface area contributed by atoms with Crippen molar-refractivity contribution in [3.05, 3.63) is 78.4 Å². The first-order chi connectivity index (χ1) is 18.0. The summed E-state index contributed by atoms with van der Waals surface area (Å²) in [5, 5.41) is 18.3. The molecular formula is C27H24N6O3S. The number of rotatable bonds is 5. The van der Waals surface area contributed by atoms with Crippen LogP contribution in [0.3, 0.4) is 0 Å². The number of carbonyl (C=O) groups excluding carboxylic acids is 1. The maximum Gasteiger partial charge on any atom is 0.365 e. The molecule has 37 heavy (non-hydrogen) atoms. The van der Waals surface area contributed by atoms with Gasteiger partial charge in [0.05, 0.1) is 17.8 Å². The fourth-order valence-electron chi connectivity index (χ4n) is 4.46. The van der Waals surface area contributed by atoms with Crippen molar-refractivity contribution in [1.29, 1.82) is 0 Å². The van der Waals surface area contributed by atoms with E-state index in [-0.39, 0.29) is 12.2 Å². The Kier molecular flexibility index (Phi) is 6.11. The minimum absolute atomic E-state index is 0.213. The first-order valence-electron chi connectivity index (χ1n) is 12.0. The van der Waals surface area contributed by atoms with Crippen LogP contribution >= 0.6 is 11.3 Å². The van der Waals surface area contributed by atoms with E-state index < -0.39 is 5.97 Å². The zero-order chi connectivity index (χ0) is 25.4. The van der Waals surface area contributed by atoms with Crippen molar-refractivity contribution < 1.29 is 14.4 Å². The molecule has 1 aliphatic heterocycles. The standard InChI is InChI=1S/C27H24N6O3S/c1-17-15-32(16-18(2)35-17)22-13-11-20(12-14-22)26-30-29-25(37-26)19-7-9-21(10-8-19)27(34)36-33-24-6-4-3-5-23(24)28-31-33/h3-14,17-18H,15-16H2,1-2H3/t17-,18+. The summed E-state index contributed by atoms with van der Waals surface area (Å²) in [6.45, 7) is 5.97. The van der Waals surface area contributed by atoms with Crippen LogP contribution < -0.4 is 9.74 Å². The number of morpholine rings is 1. The van der Waals surface area contributed by atoms with Gasteiger partial charge >= 0.3 is 5.97 Å². The topological polar surface area (TPSA) is 95.3 Å². The molecule has 2 aromatic heterocycles. The Hall–Kier alpha value is -4.15. The molecule has 5 aromatic rings. The van der Waals surface area contributed by atoms with Crippen molar-refractivity contribution in [3.63, 3.8) is 0 Å². The Balaban J connectivity index is 1.14. The third kappa shape index (κ3) is 4.81. The second-order valence-corrected chi connectivity index (χ2v) is 10.0. The maximum absolute atomic E-state index is 12.6. The lowest BCUT2D eigenvalue weighted by atomic mass is 10.1. The highest BCUT2D eigenvalue weighted by atomic mass is 32.1. The molecule has 9 nitrogen and oxygen atoms in total. The van der Waals surface area contributed by atoms with Crippen LogP contribution in [0.1, 0.15) is 24.2 Å². The molecule has 3 heterocycles. The van der Waals surface area contributed by atoms with E-state index in [1.54, 1.807) is 24.3 Å². The summed E-state index contributed by atoms with van der Waals surface area (Å²) in [4.78, 5) is 21.5. The maximum atomic E-state index is 12.6. The van der Waals surface area contributed by atoms with E-state index >= 15 is 0 Å². The first-order valence-corrected chi connectivity index (χ1v) is 12.8. The van der Waals surface area contributed by atoms with Crippen LogP contribution in [0.2, 0.25) is 0 Å². The van der Waals surface area contributed by atoms with Gasteiger partial charge in [0, 0.05) is 29.9 Å². The van der Waals surface area contributed by atoms with E-state index in [0.717, 1.165) is 39.1 Å². The molecule has 3 aromatic carbocycles. The molecule has 1 aliphatic rings. The van der Waals surface area contributed by atoms with Crippen molar-refractivity contribution in [2.45, 2.75) is 26.1 Å². The predicted molar refractivity (Wildman–Crippen MR) is 141 cm³/mol. The monoisotopic (exact) mass is 512 g/mol. The number of carbonyl (C=O) groups is 1. The summed E-state index contributed by atoms with van der Waals surface area (Å²) >= 11 is 1.51. The normalized spacial score (nSPS) is 17.7. The van der Waals surface area contributed by atoms with Gasteiger partial charge in [-0.15, -0.1) is 15.3 Å². The number of para-hydroxylation sites is 1. The highest BCUT2D eigenvalue weighted by molar-refractivity contribution is 7.17. The van der Waals surface area contributed by atoms with E-state index in [1.165, 1.54) is 17.0 Å². The molecule has 0 aliphatic carbocycles. The lowest BCUT2D eigenvalue weighted by Gasteiger charge is -2.36. The number of anilines is 1. The molecule has 0 N–H and O–H groups in total. The minimum atomic E-state index is -0.524. The summed E-state index contributed by atoms with van der Waals surface area (Å²) in [7, 11) is 0. The van der Waals surface area contributed by atoms with Crippen LogP contribution in [0.4, 0.5) is 5.69 Å². The molecule has 1 saturated heterocycles. The summed E-state index contributed by atoms with van der Waals surface area (Å²) in [5.74, 6) is -0.524. The van der Waals surface area contributed by atoms with Crippen LogP contribution in [-0.2, 0) is 4.74 Å². The van der Waals surface area contributed by atoms with Crippen LogP contribution in [-0.4, -0.2) is 56.6 Å². The molecule has 1 fully saturated rings. The van der Waals surface area contributed by atoms with Gasteiger partial charge in [0.25, 0.3) is 0 Å². The molecule has 0 amide bonds. The SMILES string of the molecule is C[C@@H]1CN(c2ccc(-c3nnc(-c4ccc(C(=O)On5nnc6ccccc65)cc4)s3)cc2)C[C@H](C)O1. The Morgan fingerprint density at radius 2 is 1.49 bits per heavy atom. The number of aromatic nitrogens is 5. The molecule has 0 saturated carbocycles. The largest absolute Gasteiger partial charge is 0.372 e. The van der Waals surface area contributed by atoms with Gasteiger partial charge in [0.1, 0.15) is 21.0 Å². The van der Waals surface area contributed by atoms with Gasteiger partial charge in [-0.3, -0.25) is 0 Å². The zero-order valence-electron chi connectivity index (χ0n) is 20.3. The van der Waals surface area contributed by atoms with Crippen molar-refractivity contribution in [2.75, 3.05) is 18.0 Å². The van der Waals surface area contributed by atoms with Crippen molar-refractivity contribution in [3.8, 4) is 21.1 Å². The smallest absolute Gasteiger partial charge is 0.365 e. The minimum Gasteiger partial charge on any atom is -0.372 e. The second-order valence-electron chi connectivity index (χ2n) is 9.03. The van der Waals surface area contributed by atoms with Crippen LogP contribution in [0, 0.1) is 0 Å². The second kappa shape index (κ2) is 9.72. The lowest BCUT2D eigenvalue weighted by Crippen LogP contribution is -2.45. The molecule has 186 valence electrons. The lowest BCUT2D eigenvalue weighted by molar-refractivity contribution is -0.00522. The van der Waals surface area contributed by atoms with E-state index in [1.807, 2.05) is 24.3 Å². The average molecular weight is 513 g/mol. The Bertz CT molecular complexity index is 1540. The number of hydrogen-bond donors (Lipinski definition) is 0. The molecule has 0 radical (unpaired) electrons. The predicted octanol–water partition coefficient (Wildman–Crippen LogP) is 4.50. The third-order valence-corrected chi connectivity index (χ3v) is 7.20. The molecule has 0 spiro atoms. The Morgan fingerprint density at radius 3 is 2.16 bits per heavy atom. The summed E-state index contributed by atoms with van der Waals surface area (Å²) in [5.41, 5.74) is 4.74. The summed E-state index contributed by atoms with van der Waals surface area (Å²) < 4.78 is 5.84. The van der Waals surface area contributed by atoms with E-state index in [4.69, 9.17) is 9.57 Å². The molecule has 6 rings (SSSR count). The summed E-state index contributed by atoms with van der Waals surface area (Å²) in [6.07, 6.45) is 0.426. The Morgan fingerprint density at radius 1 is 0.865 bits per heavy atom. The molecule has 0 bridgehead atoms. The van der Waals surface area contributed by atoms with Gasteiger partial charge in [-0.25, -0.2) is 4.79 Å². The van der Waals surface area contributed by atoms with Gasteiger partial charge in [-0.05, 0) is 67.6 Å². The molecule has 2 atom stereocenters. The zero-order valence-corrected chi connectivity index (χ0v) is 21.1. The Labute approximate surface area is 217 Å². The highest BCUT2D eigenvalue weighted by Crippen LogP contribution is 2.31. The number of hydrogen-bond acceptors (Lipinski definition) is 9. The van der Waals surface area contributed by atoms with Gasteiger partial charge in [-0.1, -0.05) is 40.4 Å². The average Bonchev–Trinajstić information content (AvgIpc) is 3.56. The first kappa shape index (κ1) is 23.3. The molecular weight excluding hydrogens is 488 g/mol. The van der Waals surface area contributed by atoms with Gasteiger partial charge in [-0.2, -0.15) is 0 Å². The van der Waals surface area contributed by atoms with Crippen molar-refractivity contribution in [2.24, 2.45) is 0 Å². The van der Waals surface area contributed by atoms with Crippen LogP contribution in [0.15, 0.2) is 72.8 Å².